The predicted molar refractivity (Wildman–Crippen MR) is 72.7 cm³/mol. The number of anilines is 2. The van der Waals surface area contributed by atoms with E-state index >= 15 is 0 Å². The molecule has 0 spiro atoms. The van der Waals surface area contributed by atoms with Crippen LogP contribution in [0.3, 0.4) is 0 Å². The van der Waals surface area contributed by atoms with Gasteiger partial charge in [0.2, 0.25) is 0 Å². The summed E-state index contributed by atoms with van der Waals surface area (Å²) >= 11 is 0. The zero-order valence-electron chi connectivity index (χ0n) is 10.4. The zero-order valence-corrected chi connectivity index (χ0v) is 10.4. The second-order valence-corrected chi connectivity index (χ2v) is 4.07. The largest absolute Gasteiger partial charge is 0.353 e. The third-order valence-corrected chi connectivity index (χ3v) is 2.75. The van der Waals surface area contributed by atoms with Crippen LogP contribution in [-0.4, -0.2) is 4.98 Å². The summed E-state index contributed by atoms with van der Waals surface area (Å²) < 4.78 is 0. The molecule has 0 atom stereocenters. The van der Waals surface area contributed by atoms with Crippen molar-refractivity contribution in [3.8, 4) is 6.07 Å². The summed E-state index contributed by atoms with van der Waals surface area (Å²) in [5.41, 5.74) is 3.66. The number of aryl methyl sites for hydroxylation is 1. The summed E-state index contributed by atoms with van der Waals surface area (Å²) in [6, 6.07) is 12.0. The van der Waals surface area contributed by atoms with Crippen molar-refractivity contribution >= 4 is 11.4 Å². The van der Waals surface area contributed by atoms with Crippen LogP contribution in [-0.2, 0) is 6.42 Å². The molecular weight excluding hydrogens is 222 g/mol. The molecule has 18 heavy (non-hydrogen) atoms. The van der Waals surface area contributed by atoms with Crippen LogP contribution in [0.15, 0.2) is 42.7 Å². The van der Waals surface area contributed by atoms with E-state index in [4.69, 9.17) is 5.26 Å². The van der Waals surface area contributed by atoms with Crippen LogP contribution < -0.4 is 5.32 Å². The quantitative estimate of drug-likeness (QED) is 0.883. The zero-order chi connectivity index (χ0) is 12.8. The molecule has 0 saturated heterocycles. The maximum atomic E-state index is 9.05. The van der Waals surface area contributed by atoms with E-state index in [1.54, 1.807) is 18.5 Å². The Balaban J connectivity index is 2.31. The van der Waals surface area contributed by atoms with Crippen LogP contribution in [0.5, 0.6) is 0 Å². The molecule has 0 bridgehead atoms. The molecule has 2 rings (SSSR count). The van der Waals surface area contributed by atoms with Crippen molar-refractivity contribution in [2.75, 3.05) is 5.32 Å². The fourth-order valence-electron chi connectivity index (χ4n) is 1.87. The number of hydrogen-bond acceptors (Lipinski definition) is 3. The topological polar surface area (TPSA) is 48.7 Å². The Morgan fingerprint density at radius 1 is 1.22 bits per heavy atom. The third-order valence-electron chi connectivity index (χ3n) is 2.75. The number of rotatable bonds is 4. The molecule has 0 aliphatic heterocycles. The van der Waals surface area contributed by atoms with Gasteiger partial charge in [-0.15, -0.1) is 0 Å². The normalized spacial score (nSPS) is 9.78. The van der Waals surface area contributed by atoms with Gasteiger partial charge >= 0.3 is 0 Å². The van der Waals surface area contributed by atoms with Crippen molar-refractivity contribution in [3.63, 3.8) is 0 Å². The van der Waals surface area contributed by atoms with Crippen molar-refractivity contribution in [3.05, 3.63) is 53.9 Å². The monoisotopic (exact) mass is 237 g/mol. The molecule has 1 aromatic carbocycles. The molecule has 2 aromatic rings. The second kappa shape index (κ2) is 5.83. The fraction of sp³-hybridized carbons (Fsp3) is 0.200. The van der Waals surface area contributed by atoms with Crippen LogP contribution in [0.4, 0.5) is 11.4 Å². The van der Waals surface area contributed by atoms with Gasteiger partial charge in [0.25, 0.3) is 0 Å². The Morgan fingerprint density at radius 2 is 2.06 bits per heavy atom. The van der Waals surface area contributed by atoms with Gasteiger partial charge in [0.05, 0.1) is 17.4 Å². The Labute approximate surface area is 107 Å². The van der Waals surface area contributed by atoms with E-state index in [0.29, 0.717) is 5.56 Å². The summed E-state index contributed by atoms with van der Waals surface area (Å²) in [5, 5.41) is 12.3. The summed E-state index contributed by atoms with van der Waals surface area (Å²) in [5.74, 6) is 0. The van der Waals surface area contributed by atoms with Crippen LogP contribution >= 0.6 is 0 Å². The van der Waals surface area contributed by atoms with Crippen molar-refractivity contribution in [2.45, 2.75) is 19.8 Å². The van der Waals surface area contributed by atoms with Gasteiger partial charge in [0.1, 0.15) is 6.07 Å². The predicted octanol–water partition coefficient (Wildman–Crippen LogP) is 3.65. The van der Waals surface area contributed by atoms with Gasteiger partial charge in [-0.25, -0.2) is 0 Å². The molecule has 0 unspecified atom stereocenters. The first kappa shape index (κ1) is 12.1. The number of aromatic nitrogens is 1. The molecule has 0 fully saturated rings. The first-order valence-corrected chi connectivity index (χ1v) is 6.04. The molecule has 0 aliphatic rings. The van der Waals surface area contributed by atoms with Gasteiger partial charge < -0.3 is 5.32 Å². The number of nitriles is 1. The van der Waals surface area contributed by atoms with E-state index in [0.717, 1.165) is 24.2 Å². The summed E-state index contributed by atoms with van der Waals surface area (Å²) in [7, 11) is 0. The Morgan fingerprint density at radius 3 is 2.83 bits per heavy atom. The lowest BCUT2D eigenvalue weighted by atomic mass is 10.1. The SMILES string of the molecule is CCCc1ccccc1Nc1cnccc1C#N. The number of nitrogens with one attached hydrogen (secondary N) is 1. The molecule has 0 amide bonds. The van der Waals surface area contributed by atoms with E-state index in [1.165, 1.54) is 5.56 Å². The van der Waals surface area contributed by atoms with E-state index in [9.17, 15) is 0 Å². The molecule has 90 valence electrons. The minimum Gasteiger partial charge on any atom is -0.353 e. The first-order chi connectivity index (χ1) is 8.85. The number of para-hydroxylation sites is 1. The standard InChI is InChI=1S/C15H15N3/c1-2-5-12-6-3-4-7-14(12)18-15-11-17-9-8-13(15)10-16/h3-4,6-9,11,18H,2,5H2,1H3. The summed E-state index contributed by atoms with van der Waals surface area (Å²) in [6.07, 6.45) is 5.42. The molecule has 0 saturated carbocycles. The molecule has 3 nitrogen and oxygen atoms in total. The number of benzene rings is 1. The molecular formula is C15H15N3. The van der Waals surface area contributed by atoms with E-state index < -0.39 is 0 Å². The lowest BCUT2D eigenvalue weighted by Crippen LogP contribution is -1.98. The highest BCUT2D eigenvalue weighted by Crippen LogP contribution is 2.23. The molecule has 1 N–H and O–H groups in total. The maximum Gasteiger partial charge on any atom is 0.101 e. The molecule has 0 radical (unpaired) electrons. The van der Waals surface area contributed by atoms with Crippen molar-refractivity contribution in [2.24, 2.45) is 0 Å². The van der Waals surface area contributed by atoms with Crippen LogP contribution in [0, 0.1) is 11.3 Å². The van der Waals surface area contributed by atoms with Crippen molar-refractivity contribution in [1.29, 1.82) is 5.26 Å². The molecule has 3 heteroatoms. The average molecular weight is 237 g/mol. The van der Waals surface area contributed by atoms with Crippen LogP contribution in [0.1, 0.15) is 24.5 Å². The van der Waals surface area contributed by atoms with Gasteiger partial charge in [0.15, 0.2) is 0 Å². The molecule has 0 aliphatic carbocycles. The Hall–Kier alpha value is -2.34. The number of pyridine rings is 1. The second-order valence-electron chi connectivity index (χ2n) is 4.07. The lowest BCUT2D eigenvalue weighted by Gasteiger charge is -2.12. The van der Waals surface area contributed by atoms with E-state index in [-0.39, 0.29) is 0 Å². The van der Waals surface area contributed by atoms with Crippen LogP contribution in [0.25, 0.3) is 0 Å². The Bertz CT molecular complexity index is 570. The van der Waals surface area contributed by atoms with E-state index in [1.807, 2.05) is 18.2 Å². The summed E-state index contributed by atoms with van der Waals surface area (Å²) in [4.78, 5) is 4.05. The van der Waals surface area contributed by atoms with Gasteiger partial charge in [-0.3, -0.25) is 4.98 Å². The lowest BCUT2D eigenvalue weighted by molar-refractivity contribution is 0.923. The highest BCUT2D eigenvalue weighted by molar-refractivity contribution is 5.67. The Kier molecular flexibility index (Phi) is 3.93. The van der Waals surface area contributed by atoms with Gasteiger partial charge in [0, 0.05) is 11.9 Å². The van der Waals surface area contributed by atoms with Gasteiger partial charge in [-0.2, -0.15) is 5.26 Å². The minimum absolute atomic E-state index is 0.608. The molecule has 1 aromatic heterocycles. The smallest absolute Gasteiger partial charge is 0.101 e. The first-order valence-electron chi connectivity index (χ1n) is 6.04. The average Bonchev–Trinajstić information content (AvgIpc) is 2.42. The number of hydrogen-bond donors (Lipinski definition) is 1. The highest BCUT2D eigenvalue weighted by Gasteiger charge is 2.05. The van der Waals surface area contributed by atoms with E-state index in [2.05, 4.69) is 29.4 Å². The number of nitrogens with zero attached hydrogens (tertiary/aromatic N) is 2. The van der Waals surface area contributed by atoms with Crippen molar-refractivity contribution in [1.82, 2.24) is 4.98 Å². The van der Waals surface area contributed by atoms with Gasteiger partial charge in [-0.1, -0.05) is 31.5 Å². The van der Waals surface area contributed by atoms with Gasteiger partial charge in [-0.05, 0) is 24.1 Å². The molecule has 1 heterocycles. The van der Waals surface area contributed by atoms with Crippen molar-refractivity contribution < 1.29 is 0 Å². The fourth-order valence-corrected chi connectivity index (χ4v) is 1.87. The minimum atomic E-state index is 0.608. The highest BCUT2D eigenvalue weighted by atomic mass is 14.9. The third kappa shape index (κ3) is 2.67. The summed E-state index contributed by atoms with van der Waals surface area (Å²) in [6.45, 7) is 2.15. The van der Waals surface area contributed by atoms with Crippen LogP contribution in [0.2, 0.25) is 0 Å². The maximum absolute atomic E-state index is 9.05.